The molecule has 0 aliphatic rings. The van der Waals surface area contributed by atoms with E-state index in [4.69, 9.17) is 0 Å². The summed E-state index contributed by atoms with van der Waals surface area (Å²) >= 11 is 0. The van der Waals surface area contributed by atoms with E-state index in [2.05, 4.69) is 17.1 Å². The number of ketones is 1. The number of nitrogens with zero attached hydrogens (tertiary/aromatic N) is 1. The van der Waals surface area contributed by atoms with E-state index < -0.39 is 0 Å². The molecule has 2 heteroatoms. The Morgan fingerprint density at radius 2 is 1.37 bits per heavy atom. The fourth-order valence-corrected chi connectivity index (χ4v) is 3.86. The van der Waals surface area contributed by atoms with Crippen LogP contribution in [0.1, 0.15) is 21.5 Å². The molecule has 0 aliphatic heterocycles. The Labute approximate surface area is 175 Å². The molecule has 142 valence electrons. The molecule has 1 heterocycles. The first-order valence-electron chi connectivity index (χ1n) is 9.94. The molecule has 5 aromatic rings. The number of carbonyl (C=O) groups is 1. The minimum atomic E-state index is -0.00574. The van der Waals surface area contributed by atoms with Gasteiger partial charge in [0.25, 0.3) is 0 Å². The van der Waals surface area contributed by atoms with Gasteiger partial charge in [-0.25, -0.2) is 0 Å². The molecule has 1 aromatic heterocycles. The lowest BCUT2D eigenvalue weighted by atomic mass is 9.91. The van der Waals surface area contributed by atoms with Gasteiger partial charge in [-0.2, -0.15) is 0 Å². The summed E-state index contributed by atoms with van der Waals surface area (Å²) in [6.45, 7) is 0. The molecule has 30 heavy (non-hydrogen) atoms. The SMILES string of the molecule is O=C(/C(=C/c1ccccc1)c1ccccc1)c1cccc2ccc3cccnc3c12. The zero-order valence-electron chi connectivity index (χ0n) is 16.3. The molecular formula is C28H19NO. The second-order valence-electron chi connectivity index (χ2n) is 7.21. The number of hydrogen-bond acceptors (Lipinski definition) is 2. The number of allylic oxidation sites excluding steroid dienone is 1. The molecule has 0 amide bonds. The highest BCUT2D eigenvalue weighted by Crippen LogP contribution is 2.31. The zero-order chi connectivity index (χ0) is 20.3. The summed E-state index contributed by atoms with van der Waals surface area (Å²) < 4.78 is 0. The number of pyridine rings is 1. The third-order valence-electron chi connectivity index (χ3n) is 5.30. The van der Waals surface area contributed by atoms with Crippen molar-refractivity contribution >= 4 is 39.1 Å². The fraction of sp³-hybridized carbons (Fsp3) is 0. The molecule has 0 saturated heterocycles. The molecule has 0 radical (unpaired) electrons. The highest BCUT2D eigenvalue weighted by Gasteiger charge is 2.18. The second-order valence-corrected chi connectivity index (χ2v) is 7.21. The number of Topliss-reactive ketones (excluding diaryl/α,β-unsaturated/α-hetero) is 1. The minimum absolute atomic E-state index is 0.00574. The van der Waals surface area contributed by atoms with Gasteiger partial charge >= 0.3 is 0 Å². The van der Waals surface area contributed by atoms with Crippen LogP contribution in [0, 0.1) is 0 Å². The van der Waals surface area contributed by atoms with Gasteiger partial charge in [-0.15, -0.1) is 0 Å². The van der Waals surface area contributed by atoms with Gasteiger partial charge in [-0.3, -0.25) is 9.78 Å². The lowest BCUT2D eigenvalue weighted by Crippen LogP contribution is -2.04. The van der Waals surface area contributed by atoms with Gasteiger partial charge < -0.3 is 0 Å². The lowest BCUT2D eigenvalue weighted by Gasteiger charge is -2.12. The van der Waals surface area contributed by atoms with E-state index >= 15 is 0 Å². The Hall–Kier alpha value is -4.04. The van der Waals surface area contributed by atoms with Crippen molar-refractivity contribution in [2.75, 3.05) is 0 Å². The predicted molar refractivity (Wildman–Crippen MR) is 124 cm³/mol. The zero-order valence-corrected chi connectivity index (χ0v) is 16.3. The number of aromatic nitrogens is 1. The molecule has 5 rings (SSSR count). The predicted octanol–water partition coefficient (Wildman–Crippen LogP) is 6.81. The third-order valence-corrected chi connectivity index (χ3v) is 5.30. The average Bonchev–Trinajstić information content (AvgIpc) is 2.83. The van der Waals surface area contributed by atoms with E-state index in [0.717, 1.165) is 32.8 Å². The van der Waals surface area contributed by atoms with Crippen LogP contribution < -0.4 is 0 Å². The van der Waals surface area contributed by atoms with E-state index in [1.807, 2.05) is 97.1 Å². The minimum Gasteiger partial charge on any atom is -0.289 e. The van der Waals surface area contributed by atoms with Crippen molar-refractivity contribution in [3.63, 3.8) is 0 Å². The van der Waals surface area contributed by atoms with Crippen LogP contribution in [0.15, 0.2) is 109 Å². The van der Waals surface area contributed by atoms with Crippen molar-refractivity contribution in [3.05, 3.63) is 126 Å². The van der Waals surface area contributed by atoms with Gasteiger partial charge in [0.1, 0.15) is 0 Å². The number of benzene rings is 4. The molecule has 0 N–H and O–H groups in total. The highest BCUT2D eigenvalue weighted by atomic mass is 16.1. The fourth-order valence-electron chi connectivity index (χ4n) is 3.86. The van der Waals surface area contributed by atoms with Gasteiger partial charge in [0.2, 0.25) is 0 Å². The first-order chi connectivity index (χ1) is 14.8. The van der Waals surface area contributed by atoms with Crippen molar-refractivity contribution in [3.8, 4) is 0 Å². The number of fused-ring (bicyclic) bond motifs is 3. The summed E-state index contributed by atoms with van der Waals surface area (Å²) in [6.07, 6.45) is 3.75. The molecular weight excluding hydrogens is 366 g/mol. The summed E-state index contributed by atoms with van der Waals surface area (Å²) in [5.74, 6) is -0.00574. The van der Waals surface area contributed by atoms with Crippen LogP contribution in [-0.4, -0.2) is 10.8 Å². The summed E-state index contributed by atoms with van der Waals surface area (Å²) in [4.78, 5) is 18.5. The van der Waals surface area contributed by atoms with Crippen LogP contribution >= 0.6 is 0 Å². The van der Waals surface area contributed by atoms with Gasteiger partial charge in [0.05, 0.1) is 5.52 Å². The number of hydrogen-bond donors (Lipinski definition) is 0. The number of rotatable bonds is 4. The molecule has 0 aliphatic carbocycles. The van der Waals surface area contributed by atoms with Gasteiger partial charge in [-0.05, 0) is 28.7 Å². The van der Waals surface area contributed by atoms with E-state index in [0.29, 0.717) is 11.1 Å². The summed E-state index contributed by atoms with van der Waals surface area (Å²) in [6, 6.07) is 33.7. The highest BCUT2D eigenvalue weighted by molar-refractivity contribution is 6.36. The van der Waals surface area contributed by atoms with Crippen molar-refractivity contribution in [2.45, 2.75) is 0 Å². The van der Waals surface area contributed by atoms with Crippen LogP contribution in [-0.2, 0) is 0 Å². The van der Waals surface area contributed by atoms with Gasteiger partial charge in [0, 0.05) is 28.1 Å². The third kappa shape index (κ3) is 3.29. The maximum Gasteiger partial charge on any atom is 0.194 e. The van der Waals surface area contributed by atoms with E-state index in [1.54, 1.807) is 6.20 Å². The Morgan fingerprint density at radius 3 is 2.17 bits per heavy atom. The van der Waals surface area contributed by atoms with Gasteiger partial charge in [-0.1, -0.05) is 97.1 Å². The molecule has 4 aromatic carbocycles. The normalized spacial score (nSPS) is 11.7. The Morgan fingerprint density at radius 1 is 0.667 bits per heavy atom. The molecule has 0 unspecified atom stereocenters. The summed E-state index contributed by atoms with van der Waals surface area (Å²) in [7, 11) is 0. The smallest absolute Gasteiger partial charge is 0.194 e. The second kappa shape index (κ2) is 7.76. The maximum absolute atomic E-state index is 13.9. The monoisotopic (exact) mass is 385 g/mol. The van der Waals surface area contributed by atoms with Crippen molar-refractivity contribution in [1.82, 2.24) is 4.98 Å². The molecule has 2 nitrogen and oxygen atoms in total. The molecule has 0 fully saturated rings. The number of carbonyl (C=O) groups excluding carboxylic acids is 1. The van der Waals surface area contributed by atoms with Crippen LogP contribution in [0.5, 0.6) is 0 Å². The maximum atomic E-state index is 13.9. The largest absolute Gasteiger partial charge is 0.289 e. The molecule has 0 saturated carbocycles. The Kier molecular flexibility index (Phi) is 4.66. The Bertz CT molecular complexity index is 1390. The topological polar surface area (TPSA) is 30.0 Å². The van der Waals surface area contributed by atoms with Crippen molar-refractivity contribution in [1.29, 1.82) is 0 Å². The van der Waals surface area contributed by atoms with E-state index in [9.17, 15) is 4.79 Å². The molecule has 0 bridgehead atoms. The quantitative estimate of drug-likeness (QED) is 0.147. The van der Waals surface area contributed by atoms with Crippen molar-refractivity contribution < 1.29 is 4.79 Å². The van der Waals surface area contributed by atoms with E-state index in [-0.39, 0.29) is 5.78 Å². The molecule has 0 atom stereocenters. The van der Waals surface area contributed by atoms with E-state index in [1.165, 1.54) is 0 Å². The first kappa shape index (κ1) is 18.0. The van der Waals surface area contributed by atoms with Crippen LogP contribution in [0.25, 0.3) is 33.3 Å². The van der Waals surface area contributed by atoms with Crippen LogP contribution in [0.4, 0.5) is 0 Å². The van der Waals surface area contributed by atoms with Crippen molar-refractivity contribution in [2.24, 2.45) is 0 Å². The first-order valence-corrected chi connectivity index (χ1v) is 9.94. The van der Waals surface area contributed by atoms with Crippen LogP contribution in [0.3, 0.4) is 0 Å². The summed E-state index contributed by atoms with van der Waals surface area (Å²) in [5.41, 5.74) is 4.08. The standard InChI is InChI=1S/C28H19NO/c30-28(25(21-11-5-2-6-12-21)19-20-9-3-1-4-10-20)24-15-7-13-22-16-17-23-14-8-18-29-27(23)26(22)24/h1-19H/b25-19+. The molecule has 0 spiro atoms. The average molecular weight is 385 g/mol. The van der Waals surface area contributed by atoms with Crippen LogP contribution in [0.2, 0.25) is 0 Å². The summed E-state index contributed by atoms with van der Waals surface area (Å²) in [5, 5.41) is 2.94. The van der Waals surface area contributed by atoms with Gasteiger partial charge in [0.15, 0.2) is 5.78 Å². The lowest BCUT2D eigenvalue weighted by molar-refractivity contribution is 0.105. The Balaban J connectivity index is 1.76.